The van der Waals surface area contributed by atoms with Gasteiger partial charge in [0.15, 0.2) is 0 Å². The summed E-state index contributed by atoms with van der Waals surface area (Å²) in [5.41, 5.74) is 3.11. The minimum absolute atomic E-state index is 0.247. The van der Waals surface area contributed by atoms with Gasteiger partial charge in [0.2, 0.25) is 5.91 Å². The zero-order valence-corrected chi connectivity index (χ0v) is 16.0. The zero-order valence-electron chi connectivity index (χ0n) is 15.2. The molecule has 1 aliphatic carbocycles. The number of anilines is 1. The third-order valence-electron chi connectivity index (χ3n) is 6.28. The first-order valence-electron chi connectivity index (χ1n) is 9.67. The van der Waals surface area contributed by atoms with E-state index in [1.165, 1.54) is 11.1 Å². The van der Waals surface area contributed by atoms with Crippen LogP contribution in [0.4, 0.5) is 5.69 Å². The van der Waals surface area contributed by atoms with Gasteiger partial charge in [-0.1, -0.05) is 41.9 Å². The molecule has 27 heavy (non-hydrogen) atoms. The first-order chi connectivity index (χ1) is 13.2. The molecular formula is C22H23ClN2O2. The maximum atomic E-state index is 13.5. The van der Waals surface area contributed by atoms with E-state index in [9.17, 15) is 4.79 Å². The molecular weight excluding hydrogens is 360 g/mol. The second-order valence-corrected chi connectivity index (χ2v) is 8.14. The summed E-state index contributed by atoms with van der Waals surface area (Å²) >= 11 is 6.05. The minimum atomic E-state index is -0.380. The van der Waals surface area contributed by atoms with Crippen molar-refractivity contribution in [3.05, 3.63) is 64.7 Å². The molecule has 1 saturated heterocycles. The molecule has 0 bridgehead atoms. The molecule has 2 heterocycles. The number of carbonyl (C=O) groups is 1. The molecule has 2 aromatic rings. The second kappa shape index (κ2) is 6.62. The Morgan fingerprint density at radius 3 is 2.56 bits per heavy atom. The summed E-state index contributed by atoms with van der Waals surface area (Å²) in [7, 11) is 0. The quantitative estimate of drug-likeness (QED) is 0.812. The van der Waals surface area contributed by atoms with Crippen molar-refractivity contribution >= 4 is 23.2 Å². The summed E-state index contributed by atoms with van der Waals surface area (Å²) in [4.78, 5) is 17.9. The number of para-hydroxylation sites is 1. The highest BCUT2D eigenvalue weighted by molar-refractivity contribution is 6.30. The highest BCUT2D eigenvalue weighted by atomic mass is 35.5. The molecule has 1 spiro atoms. The Balaban J connectivity index is 1.41. The average molecular weight is 383 g/mol. The number of rotatable bonds is 4. The summed E-state index contributed by atoms with van der Waals surface area (Å²) in [6.45, 7) is 5.10. The molecule has 140 valence electrons. The van der Waals surface area contributed by atoms with Crippen molar-refractivity contribution in [2.75, 3.05) is 44.3 Å². The number of nitrogens with zero attached hydrogens (tertiary/aromatic N) is 2. The lowest BCUT2D eigenvalue weighted by Crippen LogP contribution is -2.43. The number of halogens is 1. The van der Waals surface area contributed by atoms with Gasteiger partial charge in [0.25, 0.3) is 0 Å². The monoisotopic (exact) mass is 382 g/mol. The lowest BCUT2D eigenvalue weighted by atomic mass is 9.92. The number of ether oxygens (including phenoxy) is 1. The molecule has 1 saturated carbocycles. The molecule has 1 amide bonds. The fourth-order valence-corrected chi connectivity index (χ4v) is 4.86. The maximum Gasteiger partial charge on any atom is 0.238 e. The van der Waals surface area contributed by atoms with Crippen molar-refractivity contribution in [2.45, 2.75) is 17.8 Å². The Kier molecular flexibility index (Phi) is 4.23. The van der Waals surface area contributed by atoms with Crippen molar-refractivity contribution in [3.8, 4) is 0 Å². The number of morpholine rings is 1. The van der Waals surface area contributed by atoms with Crippen LogP contribution >= 0.6 is 11.6 Å². The fourth-order valence-electron chi connectivity index (χ4n) is 4.73. The topological polar surface area (TPSA) is 32.8 Å². The van der Waals surface area contributed by atoms with Gasteiger partial charge in [-0.3, -0.25) is 9.69 Å². The third-order valence-corrected chi connectivity index (χ3v) is 6.53. The van der Waals surface area contributed by atoms with Crippen LogP contribution in [0.1, 0.15) is 23.5 Å². The van der Waals surface area contributed by atoms with Crippen LogP contribution < -0.4 is 4.90 Å². The third kappa shape index (κ3) is 2.78. The van der Waals surface area contributed by atoms with E-state index in [2.05, 4.69) is 35.2 Å². The molecule has 0 N–H and O–H groups in total. The number of carbonyl (C=O) groups excluding carboxylic acids is 1. The summed E-state index contributed by atoms with van der Waals surface area (Å²) < 4.78 is 5.43. The van der Waals surface area contributed by atoms with E-state index in [-0.39, 0.29) is 17.2 Å². The lowest BCUT2D eigenvalue weighted by molar-refractivity contribution is -0.120. The number of fused-ring (bicyclic) bond motifs is 2. The molecule has 2 fully saturated rings. The van der Waals surface area contributed by atoms with Crippen LogP contribution in [0, 0.1) is 0 Å². The van der Waals surface area contributed by atoms with Gasteiger partial charge >= 0.3 is 0 Å². The van der Waals surface area contributed by atoms with E-state index < -0.39 is 0 Å². The van der Waals surface area contributed by atoms with Crippen molar-refractivity contribution in [2.24, 2.45) is 0 Å². The van der Waals surface area contributed by atoms with Gasteiger partial charge in [0, 0.05) is 42.8 Å². The van der Waals surface area contributed by atoms with Gasteiger partial charge in [-0.15, -0.1) is 0 Å². The number of hydrogen-bond acceptors (Lipinski definition) is 3. The molecule has 5 rings (SSSR count). The normalized spacial score (nSPS) is 27.2. The van der Waals surface area contributed by atoms with Gasteiger partial charge in [0.05, 0.1) is 18.6 Å². The van der Waals surface area contributed by atoms with Gasteiger partial charge in [-0.25, -0.2) is 0 Å². The van der Waals surface area contributed by atoms with Crippen molar-refractivity contribution in [1.29, 1.82) is 0 Å². The van der Waals surface area contributed by atoms with E-state index in [1.807, 2.05) is 23.1 Å². The maximum absolute atomic E-state index is 13.5. The first kappa shape index (κ1) is 17.2. The van der Waals surface area contributed by atoms with E-state index in [1.54, 1.807) is 0 Å². The van der Waals surface area contributed by atoms with E-state index in [4.69, 9.17) is 16.3 Å². The van der Waals surface area contributed by atoms with Crippen LogP contribution in [0.5, 0.6) is 0 Å². The summed E-state index contributed by atoms with van der Waals surface area (Å²) in [6, 6.07) is 16.3. The summed E-state index contributed by atoms with van der Waals surface area (Å²) in [5.74, 6) is 0.508. The molecule has 4 nitrogen and oxygen atoms in total. The van der Waals surface area contributed by atoms with Crippen LogP contribution in [0.25, 0.3) is 0 Å². The molecule has 1 unspecified atom stereocenters. The van der Waals surface area contributed by atoms with E-state index in [0.29, 0.717) is 0 Å². The molecule has 5 heteroatoms. The fraction of sp³-hybridized carbons (Fsp3) is 0.409. The van der Waals surface area contributed by atoms with Crippen molar-refractivity contribution in [3.63, 3.8) is 0 Å². The highest BCUT2D eigenvalue weighted by Gasteiger charge is 2.66. The van der Waals surface area contributed by atoms with Crippen LogP contribution in [0.15, 0.2) is 48.5 Å². The average Bonchev–Trinajstić information content (AvgIpc) is 3.41. The number of hydrogen-bond donors (Lipinski definition) is 0. The Labute approximate surface area is 164 Å². The Morgan fingerprint density at radius 1 is 1.04 bits per heavy atom. The number of amides is 1. The van der Waals surface area contributed by atoms with Gasteiger partial charge in [-0.05, 0) is 35.7 Å². The minimum Gasteiger partial charge on any atom is -0.379 e. The van der Waals surface area contributed by atoms with Crippen molar-refractivity contribution in [1.82, 2.24) is 4.90 Å². The van der Waals surface area contributed by atoms with Crippen LogP contribution in [-0.2, 0) is 14.9 Å². The van der Waals surface area contributed by atoms with Crippen molar-refractivity contribution < 1.29 is 9.53 Å². The van der Waals surface area contributed by atoms with E-state index in [0.717, 1.165) is 56.5 Å². The Hall–Kier alpha value is -1.88. The van der Waals surface area contributed by atoms with Gasteiger partial charge in [0.1, 0.15) is 0 Å². The second-order valence-electron chi connectivity index (χ2n) is 7.71. The zero-order chi connectivity index (χ0) is 18.4. The molecule has 2 aliphatic heterocycles. The lowest BCUT2D eigenvalue weighted by Gasteiger charge is -2.29. The van der Waals surface area contributed by atoms with Crippen LogP contribution in [-0.4, -0.2) is 50.2 Å². The SMILES string of the molecule is O=C1N(CCN2CCOCC2)c2ccccc2C12C[C@@H]2c1ccc(Cl)cc1. The molecule has 3 aliphatic rings. The predicted molar refractivity (Wildman–Crippen MR) is 107 cm³/mol. The highest BCUT2D eigenvalue weighted by Crippen LogP contribution is 2.66. The summed E-state index contributed by atoms with van der Waals surface area (Å²) in [5, 5.41) is 0.735. The molecule has 0 aromatic heterocycles. The van der Waals surface area contributed by atoms with Crippen LogP contribution in [0.2, 0.25) is 5.02 Å². The Bertz CT molecular complexity index is 863. The Morgan fingerprint density at radius 2 is 1.78 bits per heavy atom. The standard InChI is InChI=1S/C22H23ClN2O2/c23-17-7-5-16(6-8-17)19-15-22(19)18-3-1-2-4-20(18)25(21(22)26)10-9-24-11-13-27-14-12-24/h1-8,19H,9-15H2/t19-,22?/m1/s1. The molecule has 2 atom stereocenters. The molecule has 0 radical (unpaired) electrons. The van der Waals surface area contributed by atoms with Gasteiger partial charge in [-0.2, -0.15) is 0 Å². The molecule has 2 aromatic carbocycles. The predicted octanol–water partition coefficient (Wildman–Crippen LogP) is 3.44. The number of benzene rings is 2. The van der Waals surface area contributed by atoms with Gasteiger partial charge < -0.3 is 9.64 Å². The smallest absolute Gasteiger partial charge is 0.238 e. The largest absolute Gasteiger partial charge is 0.379 e. The first-order valence-corrected chi connectivity index (χ1v) is 10.0. The van der Waals surface area contributed by atoms with Crippen LogP contribution in [0.3, 0.4) is 0 Å². The van der Waals surface area contributed by atoms with E-state index >= 15 is 0 Å². The summed E-state index contributed by atoms with van der Waals surface area (Å²) in [6.07, 6.45) is 0.887.